The number of aliphatic imine (C=N–C) groups is 1. The summed E-state index contributed by atoms with van der Waals surface area (Å²) in [5.74, 6) is 0.616. The Bertz CT molecular complexity index is 753. The average Bonchev–Trinajstić information content (AvgIpc) is 2.95. The second-order valence-corrected chi connectivity index (χ2v) is 5.36. The molecule has 20 heavy (non-hydrogen) atoms. The minimum Gasteiger partial charge on any atom is -0.304 e. The van der Waals surface area contributed by atoms with E-state index >= 15 is 0 Å². The molecule has 1 amide bonds. The van der Waals surface area contributed by atoms with E-state index < -0.39 is 0 Å². The lowest BCUT2D eigenvalue weighted by molar-refractivity contribution is -0.120. The number of hydrogen-bond donors (Lipinski definition) is 1. The molecule has 0 atom stereocenters. The molecule has 7 heteroatoms. The van der Waals surface area contributed by atoms with Crippen molar-refractivity contribution in [2.75, 3.05) is 12.3 Å². The van der Waals surface area contributed by atoms with Gasteiger partial charge in [0.05, 0.1) is 23.8 Å². The molecule has 0 saturated heterocycles. The first-order chi connectivity index (χ1) is 9.74. The monoisotopic (exact) mass is 288 g/mol. The molecule has 1 aliphatic heterocycles. The topological polar surface area (TPSA) is 76.3 Å². The van der Waals surface area contributed by atoms with E-state index in [1.807, 2.05) is 6.07 Å². The van der Waals surface area contributed by atoms with Crippen LogP contribution in [-0.4, -0.2) is 32.9 Å². The zero-order valence-electron chi connectivity index (χ0n) is 10.6. The number of fused-ring (bicyclic) bond motifs is 1. The highest BCUT2D eigenvalue weighted by Crippen LogP contribution is 2.09. The van der Waals surface area contributed by atoms with Gasteiger partial charge in [0.25, 0.3) is 5.56 Å². The molecule has 0 bridgehead atoms. The average molecular weight is 288 g/mol. The molecular weight excluding hydrogens is 276 g/mol. The number of benzene rings is 1. The molecule has 2 aromatic rings. The third-order valence-corrected chi connectivity index (χ3v) is 3.77. The summed E-state index contributed by atoms with van der Waals surface area (Å²) in [5.41, 5.74) is 0.414. The third-order valence-electron chi connectivity index (χ3n) is 2.88. The Morgan fingerprint density at radius 3 is 3.05 bits per heavy atom. The maximum atomic E-state index is 12.2. The number of thioether (sulfide) groups is 1. The van der Waals surface area contributed by atoms with E-state index in [0.717, 1.165) is 12.3 Å². The zero-order chi connectivity index (χ0) is 13.9. The number of aromatic nitrogens is 2. The van der Waals surface area contributed by atoms with Gasteiger partial charge < -0.3 is 5.32 Å². The summed E-state index contributed by atoms with van der Waals surface area (Å²) in [7, 11) is 0. The van der Waals surface area contributed by atoms with Crippen molar-refractivity contribution in [1.29, 1.82) is 0 Å². The van der Waals surface area contributed by atoms with Crippen LogP contribution in [0.2, 0.25) is 0 Å². The Balaban J connectivity index is 1.82. The second kappa shape index (κ2) is 5.46. The van der Waals surface area contributed by atoms with E-state index in [1.54, 1.807) is 18.2 Å². The zero-order valence-corrected chi connectivity index (χ0v) is 11.4. The molecule has 1 aromatic carbocycles. The third kappa shape index (κ3) is 2.57. The molecule has 1 aromatic heterocycles. The summed E-state index contributed by atoms with van der Waals surface area (Å²) in [4.78, 5) is 32.4. The number of nitrogens with one attached hydrogen (secondary N) is 1. The number of amidine groups is 1. The lowest BCUT2D eigenvalue weighted by atomic mass is 10.2. The summed E-state index contributed by atoms with van der Waals surface area (Å²) in [6.45, 7) is 0.661. The summed E-state index contributed by atoms with van der Waals surface area (Å²) in [5, 5.41) is 3.82. The van der Waals surface area contributed by atoms with E-state index in [2.05, 4.69) is 15.3 Å². The quantitative estimate of drug-likeness (QED) is 0.878. The fraction of sp³-hybridized carbons (Fsp3) is 0.231. The molecule has 0 aliphatic carbocycles. The highest BCUT2D eigenvalue weighted by molar-refractivity contribution is 8.14. The molecule has 2 heterocycles. The molecule has 0 spiro atoms. The number of nitrogens with zero attached hydrogens (tertiary/aromatic N) is 3. The van der Waals surface area contributed by atoms with Crippen molar-refractivity contribution in [1.82, 2.24) is 14.9 Å². The van der Waals surface area contributed by atoms with Crippen molar-refractivity contribution in [3.63, 3.8) is 0 Å². The Morgan fingerprint density at radius 1 is 1.40 bits per heavy atom. The summed E-state index contributed by atoms with van der Waals surface area (Å²) >= 11 is 1.50. The van der Waals surface area contributed by atoms with Crippen molar-refractivity contribution < 1.29 is 4.79 Å². The SMILES string of the molecule is O=C(Cn1cnc2ccccc2c1=O)NC1=NCCS1. The molecular formula is C13H12N4O2S. The van der Waals surface area contributed by atoms with Crippen LogP contribution in [0.4, 0.5) is 0 Å². The molecule has 1 N–H and O–H groups in total. The van der Waals surface area contributed by atoms with Crippen molar-refractivity contribution in [3.05, 3.63) is 40.9 Å². The molecule has 6 nitrogen and oxygen atoms in total. The van der Waals surface area contributed by atoms with Gasteiger partial charge in [0, 0.05) is 5.75 Å². The van der Waals surface area contributed by atoms with Crippen LogP contribution in [0.1, 0.15) is 0 Å². The Labute approximate surface area is 118 Å². The molecule has 1 aliphatic rings. The van der Waals surface area contributed by atoms with Crippen molar-refractivity contribution >= 4 is 33.7 Å². The second-order valence-electron chi connectivity index (χ2n) is 4.28. The van der Waals surface area contributed by atoms with Crippen molar-refractivity contribution in [2.45, 2.75) is 6.54 Å². The van der Waals surface area contributed by atoms with E-state index in [9.17, 15) is 9.59 Å². The van der Waals surface area contributed by atoms with E-state index in [0.29, 0.717) is 16.1 Å². The summed E-state index contributed by atoms with van der Waals surface area (Å²) in [6.07, 6.45) is 1.40. The van der Waals surface area contributed by atoms with Crippen LogP contribution < -0.4 is 10.9 Å². The Morgan fingerprint density at radius 2 is 2.25 bits per heavy atom. The number of carbonyl (C=O) groups excluding carboxylic acids is 1. The van der Waals surface area contributed by atoms with Gasteiger partial charge in [-0.1, -0.05) is 23.9 Å². The predicted octanol–water partition coefficient (Wildman–Crippen LogP) is 0.616. The Hall–Kier alpha value is -2.15. The number of carbonyl (C=O) groups is 1. The highest BCUT2D eigenvalue weighted by atomic mass is 32.2. The number of hydrogen-bond acceptors (Lipinski definition) is 5. The largest absolute Gasteiger partial charge is 0.304 e. The highest BCUT2D eigenvalue weighted by Gasteiger charge is 2.12. The van der Waals surface area contributed by atoms with Gasteiger partial charge in [-0.3, -0.25) is 19.1 Å². The van der Waals surface area contributed by atoms with Gasteiger partial charge in [-0.15, -0.1) is 0 Å². The van der Waals surface area contributed by atoms with Gasteiger partial charge in [-0.2, -0.15) is 0 Å². The van der Waals surface area contributed by atoms with Crippen LogP contribution in [-0.2, 0) is 11.3 Å². The van der Waals surface area contributed by atoms with Crippen LogP contribution in [0, 0.1) is 0 Å². The minimum atomic E-state index is -0.266. The van der Waals surface area contributed by atoms with Crippen LogP contribution in [0.5, 0.6) is 0 Å². The maximum Gasteiger partial charge on any atom is 0.261 e. The van der Waals surface area contributed by atoms with Gasteiger partial charge >= 0.3 is 0 Å². The van der Waals surface area contributed by atoms with Gasteiger partial charge in [-0.25, -0.2) is 4.98 Å². The smallest absolute Gasteiger partial charge is 0.261 e. The lowest BCUT2D eigenvalue weighted by Crippen LogP contribution is -2.34. The van der Waals surface area contributed by atoms with Crippen LogP contribution >= 0.6 is 11.8 Å². The van der Waals surface area contributed by atoms with Gasteiger partial charge in [0.1, 0.15) is 6.54 Å². The first kappa shape index (κ1) is 12.9. The van der Waals surface area contributed by atoms with Crippen LogP contribution in [0.3, 0.4) is 0 Å². The van der Waals surface area contributed by atoms with E-state index in [4.69, 9.17) is 0 Å². The fourth-order valence-corrected chi connectivity index (χ4v) is 2.69. The van der Waals surface area contributed by atoms with Gasteiger partial charge in [0.2, 0.25) is 5.91 Å². The van der Waals surface area contributed by atoms with Crippen molar-refractivity contribution in [2.24, 2.45) is 4.99 Å². The maximum absolute atomic E-state index is 12.2. The first-order valence-corrected chi connectivity index (χ1v) is 7.14. The Kier molecular flexibility index (Phi) is 3.51. The van der Waals surface area contributed by atoms with Crippen LogP contribution in [0.25, 0.3) is 10.9 Å². The number of amides is 1. The van der Waals surface area contributed by atoms with Crippen molar-refractivity contribution in [3.8, 4) is 0 Å². The number of rotatable bonds is 2. The molecule has 0 fully saturated rings. The lowest BCUT2D eigenvalue weighted by Gasteiger charge is -2.07. The summed E-state index contributed by atoms with van der Waals surface area (Å²) < 4.78 is 1.30. The first-order valence-electron chi connectivity index (χ1n) is 6.15. The fourth-order valence-electron chi connectivity index (χ4n) is 1.94. The minimum absolute atomic E-state index is 0.0593. The van der Waals surface area contributed by atoms with Crippen LogP contribution in [0.15, 0.2) is 40.4 Å². The molecule has 0 radical (unpaired) electrons. The normalized spacial score (nSPS) is 14.3. The van der Waals surface area contributed by atoms with E-state index in [1.165, 1.54) is 22.7 Å². The molecule has 3 rings (SSSR count). The molecule has 0 saturated carbocycles. The molecule has 0 unspecified atom stereocenters. The van der Waals surface area contributed by atoms with Gasteiger partial charge in [0.15, 0.2) is 5.17 Å². The van der Waals surface area contributed by atoms with Gasteiger partial charge in [-0.05, 0) is 12.1 Å². The molecule has 102 valence electrons. The predicted molar refractivity (Wildman–Crippen MR) is 78.9 cm³/mol. The standard InChI is InChI=1S/C13H12N4O2S/c18-11(16-13-14-5-6-20-13)7-17-8-15-10-4-2-1-3-9(10)12(17)19/h1-4,8H,5-7H2,(H,14,16,18). The number of para-hydroxylation sites is 1. The van der Waals surface area contributed by atoms with E-state index in [-0.39, 0.29) is 18.0 Å². The summed E-state index contributed by atoms with van der Waals surface area (Å²) in [6, 6.07) is 7.07.